The number of likely N-dealkylation sites (N-methyl/N-ethyl adjacent to an activating group) is 1. The summed E-state index contributed by atoms with van der Waals surface area (Å²) in [5.41, 5.74) is 15.1. The summed E-state index contributed by atoms with van der Waals surface area (Å²) in [5, 5.41) is 55.7. The van der Waals surface area contributed by atoms with Crippen molar-refractivity contribution in [2.24, 2.45) is 17.2 Å². The molecule has 54 heavy (non-hydrogen) atoms. The maximum Gasteiger partial charge on any atom is 0.312 e. The summed E-state index contributed by atoms with van der Waals surface area (Å²) < 4.78 is 6.30. The summed E-state index contributed by atoms with van der Waals surface area (Å²) in [4.78, 5) is 89.4. The van der Waals surface area contributed by atoms with Crippen LogP contribution in [0.5, 0.6) is 0 Å². The first-order valence-corrected chi connectivity index (χ1v) is 18.6. The van der Waals surface area contributed by atoms with Crippen molar-refractivity contribution in [3.63, 3.8) is 0 Å². The number of halogens is 1. The van der Waals surface area contributed by atoms with Gasteiger partial charge in [-0.1, -0.05) is 22.6 Å². The molecule has 0 saturated heterocycles. The Labute approximate surface area is 326 Å². The molecule has 8 amide bonds. The van der Waals surface area contributed by atoms with E-state index in [0.29, 0.717) is 4.43 Å². The highest BCUT2D eigenvalue weighted by atomic mass is 127. The summed E-state index contributed by atoms with van der Waals surface area (Å²) in [5.74, 6) is -5.73. The minimum Gasteiger partial charge on any atom is -0.394 e. The van der Waals surface area contributed by atoms with E-state index < -0.39 is 110 Å². The Morgan fingerprint density at radius 2 is 1.09 bits per heavy atom. The van der Waals surface area contributed by atoms with Gasteiger partial charge in [0.1, 0.15) is 36.3 Å². The quantitative estimate of drug-likeness (QED) is 0.0120. The van der Waals surface area contributed by atoms with Gasteiger partial charge in [-0.2, -0.15) is 0 Å². The van der Waals surface area contributed by atoms with Crippen molar-refractivity contribution in [3.8, 4) is 0 Å². The number of alkyl halides is 1. The van der Waals surface area contributed by atoms with Gasteiger partial charge in [-0.15, -0.1) is 0 Å². The van der Waals surface area contributed by atoms with Crippen molar-refractivity contribution >= 4 is 70.0 Å². The molecule has 0 bridgehead atoms. The van der Waals surface area contributed by atoms with Crippen molar-refractivity contribution in [2.45, 2.75) is 88.3 Å². The van der Waals surface area contributed by atoms with Gasteiger partial charge in [-0.25, -0.2) is 4.79 Å². The van der Waals surface area contributed by atoms with E-state index in [4.69, 9.17) is 32.5 Å². The summed E-state index contributed by atoms with van der Waals surface area (Å²) >= 11 is 2.05. The number of guanidine groups is 1. The number of hydrogen-bond donors (Lipinski definition) is 15. The topological polar surface area (TPSA) is 388 Å². The van der Waals surface area contributed by atoms with Crippen molar-refractivity contribution in [2.75, 3.05) is 50.5 Å². The van der Waals surface area contributed by atoms with Crippen LogP contribution in [0.3, 0.4) is 0 Å². The molecule has 0 aromatic heterocycles. The van der Waals surface area contributed by atoms with E-state index in [-0.39, 0.29) is 51.3 Å². The maximum absolute atomic E-state index is 13.7. The van der Waals surface area contributed by atoms with Gasteiger partial charge < -0.3 is 79.8 Å². The second kappa shape index (κ2) is 26.6. The standard InChI is InChI=1S/C30H57IN12O11/c1-4-36-23(48)17(7-6-10-38-29(35)53)39-25(50)20(13-46)42-24(49)18(8-5-9-37-28(33)34)40-27(52)21(14-54-30(2,3)15-31)43-26(51)19(12-45)41-22(47)16(32)11-44/h16-21,44-46H,4-15,32H2,1-3H3,(H,36,48)(H,39,50)(H,40,52)(H,41,47)(H,42,49)(H,43,51)(H4,33,34,37)(H3,35,38,53)/t16-,17+,18+,19-,20+,21-/m1/s1. The molecule has 18 N–H and O–H groups in total. The zero-order valence-electron chi connectivity index (χ0n) is 30.7. The Kier molecular flexibility index (Phi) is 24.6. The average molecular weight is 889 g/mol. The first-order chi connectivity index (χ1) is 25.4. The summed E-state index contributed by atoms with van der Waals surface area (Å²) in [6.07, 6.45) is 0.332. The fourth-order valence-corrected chi connectivity index (χ4v) is 4.47. The molecule has 0 saturated carbocycles. The molecule has 6 atom stereocenters. The molecular weight excluding hydrogens is 831 g/mol. The van der Waals surface area contributed by atoms with E-state index in [1.165, 1.54) is 0 Å². The SMILES string of the molecule is CCNC(=O)[C@H](CCCNC(N)=O)NC(=O)[C@H](CO)NC(=O)[C@H](CCCNC(=N)N)NC(=O)[C@@H](COC(C)(C)CI)NC(=O)[C@@H](CO)NC(=O)[C@H](N)CO. The molecule has 0 aliphatic heterocycles. The molecule has 0 unspecified atom stereocenters. The van der Waals surface area contributed by atoms with Gasteiger partial charge in [0, 0.05) is 24.1 Å². The smallest absolute Gasteiger partial charge is 0.312 e. The van der Waals surface area contributed by atoms with Crippen LogP contribution in [-0.2, 0) is 33.5 Å². The van der Waals surface area contributed by atoms with Gasteiger partial charge >= 0.3 is 6.03 Å². The van der Waals surface area contributed by atoms with E-state index in [0.717, 1.165) is 0 Å². The fourth-order valence-electron chi connectivity index (χ4n) is 4.25. The molecular formula is C30H57IN12O11. The number of rotatable bonds is 27. The van der Waals surface area contributed by atoms with Crippen molar-refractivity contribution in [1.82, 2.24) is 42.5 Å². The van der Waals surface area contributed by atoms with Gasteiger partial charge in [0.25, 0.3) is 0 Å². The third-order valence-corrected chi connectivity index (χ3v) is 9.17. The lowest BCUT2D eigenvalue weighted by Gasteiger charge is -2.29. The van der Waals surface area contributed by atoms with Crippen molar-refractivity contribution in [1.29, 1.82) is 5.41 Å². The number of urea groups is 1. The van der Waals surface area contributed by atoms with Crippen LogP contribution >= 0.6 is 22.6 Å². The third kappa shape index (κ3) is 20.4. The van der Waals surface area contributed by atoms with Crippen LogP contribution in [0.1, 0.15) is 46.5 Å². The number of hydrogen-bond acceptors (Lipinski definition) is 13. The molecule has 0 aromatic carbocycles. The van der Waals surface area contributed by atoms with Crippen LogP contribution in [0, 0.1) is 5.41 Å². The molecule has 0 spiro atoms. The van der Waals surface area contributed by atoms with Crippen LogP contribution in [0.2, 0.25) is 0 Å². The molecule has 310 valence electrons. The van der Waals surface area contributed by atoms with Crippen LogP contribution in [0.15, 0.2) is 0 Å². The number of carbonyl (C=O) groups excluding carboxylic acids is 7. The number of amides is 8. The van der Waals surface area contributed by atoms with E-state index in [1.54, 1.807) is 20.8 Å². The molecule has 0 aromatic rings. The van der Waals surface area contributed by atoms with E-state index >= 15 is 0 Å². The molecule has 0 heterocycles. The summed E-state index contributed by atoms with van der Waals surface area (Å²) in [6.45, 7) is 2.53. The van der Waals surface area contributed by atoms with Gasteiger partial charge in [0.05, 0.1) is 32.0 Å². The highest BCUT2D eigenvalue weighted by Gasteiger charge is 2.33. The molecule has 0 rings (SSSR count). The Balaban J connectivity index is 6.24. The Hall–Kier alpha value is -4.11. The Morgan fingerprint density at radius 1 is 0.667 bits per heavy atom. The number of aliphatic hydroxyl groups excluding tert-OH is 3. The third-order valence-electron chi connectivity index (χ3n) is 7.33. The number of ether oxygens (including phenoxy) is 1. The molecule has 0 aliphatic carbocycles. The fraction of sp³-hybridized carbons (Fsp3) is 0.733. The first kappa shape index (κ1) is 49.9. The first-order valence-electron chi connectivity index (χ1n) is 17.0. The number of nitrogens with two attached hydrogens (primary N) is 3. The second-order valence-corrected chi connectivity index (χ2v) is 13.2. The number of nitrogens with one attached hydrogen (secondary N) is 9. The molecule has 23 nitrogen and oxygen atoms in total. The summed E-state index contributed by atoms with van der Waals surface area (Å²) in [7, 11) is 0. The predicted molar refractivity (Wildman–Crippen MR) is 202 cm³/mol. The van der Waals surface area contributed by atoms with Crippen molar-refractivity contribution < 1.29 is 53.6 Å². The van der Waals surface area contributed by atoms with E-state index in [2.05, 4.69) is 65.1 Å². The monoisotopic (exact) mass is 888 g/mol. The van der Waals surface area contributed by atoms with E-state index in [1.807, 2.05) is 0 Å². The average Bonchev–Trinajstić information content (AvgIpc) is 3.12. The highest BCUT2D eigenvalue weighted by molar-refractivity contribution is 14.1. The normalized spacial score (nSPS) is 14.4. The minimum atomic E-state index is -1.60. The lowest BCUT2D eigenvalue weighted by atomic mass is 10.1. The van der Waals surface area contributed by atoms with Gasteiger partial charge in [-0.05, 0) is 46.5 Å². The zero-order chi connectivity index (χ0) is 41.4. The second-order valence-electron chi connectivity index (χ2n) is 12.5. The Bertz CT molecular complexity index is 1260. The lowest BCUT2D eigenvalue weighted by molar-refractivity contribution is -0.137. The van der Waals surface area contributed by atoms with Gasteiger partial charge in [0.15, 0.2) is 5.96 Å². The van der Waals surface area contributed by atoms with Gasteiger partial charge in [-0.3, -0.25) is 34.2 Å². The largest absolute Gasteiger partial charge is 0.394 e. The lowest BCUT2D eigenvalue weighted by Crippen LogP contribution is -2.61. The van der Waals surface area contributed by atoms with Crippen LogP contribution < -0.4 is 59.7 Å². The van der Waals surface area contributed by atoms with Gasteiger partial charge in [0.2, 0.25) is 35.4 Å². The molecule has 24 heteroatoms. The van der Waals surface area contributed by atoms with Crippen LogP contribution in [-0.4, -0.2) is 155 Å². The number of aliphatic hydroxyl groups is 3. The molecule has 0 fully saturated rings. The highest BCUT2D eigenvalue weighted by Crippen LogP contribution is 2.13. The van der Waals surface area contributed by atoms with E-state index in [9.17, 15) is 43.8 Å². The minimum absolute atomic E-state index is 0.0599. The summed E-state index contributed by atoms with van der Waals surface area (Å²) in [6, 6.07) is -9.41. The molecule has 0 radical (unpaired) electrons. The Morgan fingerprint density at radius 3 is 1.54 bits per heavy atom. The van der Waals surface area contributed by atoms with Crippen molar-refractivity contribution in [3.05, 3.63) is 0 Å². The van der Waals surface area contributed by atoms with Crippen LogP contribution in [0.4, 0.5) is 4.79 Å². The number of carbonyl (C=O) groups is 7. The number of primary amides is 1. The van der Waals surface area contributed by atoms with Crippen LogP contribution in [0.25, 0.3) is 0 Å². The zero-order valence-corrected chi connectivity index (χ0v) is 32.8. The maximum atomic E-state index is 13.7. The molecule has 0 aliphatic rings. The predicted octanol–water partition coefficient (Wildman–Crippen LogP) is -6.21.